The predicted octanol–water partition coefficient (Wildman–Crippen LogP) is 5.37. The van der Waals surface area contributed by atoms with Crippen LogP contribution in [-0.2, 0) is 33.3 Å². The zero-order valence-electron chi connectivity index (χ0n) is 21.6. The van der Waals surface area contributed by atoms with Gasteiger partial charge < -0.3 is 10.4 Å². The maximum Gasteiger partial charge on any atom is 0.389 e. The monoisotopic (exact) mass is 564 g/mol. The number of aromatic nitrogens is 2. The zero-order valence-corrected chi connectivity index (χ0v) is 22.5. The van der Waals surface area contributed by atoms with Gasteiger partial charge in [-0.05, 0) is 53.6 Å². The van der Waals surface area contributed by atoms with Crippen molar-refractivity contribution in [2.75, 3.05) is 11.9 Å². The maximum atomic E-state index is 13.5. The summed E-state index contributed by atoms with van der Waals surface area (Å²) in [6.45, 7) is 3.31. The maximum absolute atomic E-state index is 13.5. The van der Waals surface area contributed by atoms with Crippen LogP contribution >= 0.6 is 0 Å². The summed E-state index contributed by atoms with van der Waals surface area (Å²) in [4.78, 5) is 19.2. The van der Waals surface area contributed by atoms with Gasteiger partial charge in [0, 0.05) is 19.2 Å². The van der Waals surface area contributed by atoms with Gasteiger partial charge in [-0.2, -0.15) is 17.5 Å². The number of carboxylic acids is 1. The molecule has 2 N–H and O–H groups in total. The highest BCUT2D eigenvalue weighted by molar-refractivity contribution is 7.89. The number of benzene rings is 1. The van der Waals surface area contributed by atoms with Crippen LogP contribution in [0.5, 0.6) is 0 Å². The molecular weight excluding hydrogens is 533 g/mol. The standard InChI is InChI=1S/C27H31F3N4O4S/c1-26(2,14-6-15-27(28,29)30)21-12-10-20(11-13-21)18-34(39(37,38)24-9-3-4-16-31-24)19-22-7-5-8-23(33-22)32-17-25(35)36/h3-5,7-13,16H,6,14-15,17-19H2,1-2H3,(H,32,33)(H,35,36). The van der Waals surface area contributed by atoms with Crippen LogP contribution in [-0.4, -0.2) is 46.5 Å². The van der Waals surface area contributed by atoms with E-state index in [1.807, 2.05) is 26.0 Å². The summed E-state index contributed by atoms with van der Waals surface area (Å²) in [5, 5.41) is 11.4. The Balaban J connectivity index is 1.83. The van der Waals surface area contributed by atoms with Gasteiger partial charge in [0.2, 0.25) is 0 Å². The van der Waals surface area contributed by atoms with Crippen LogP contribution < -0.4 is 5.32 Å². The summed E-state index contributed by atoms with van der Waals surface area (Å²) in [5.41, 5.74) is 1.43. The number of aliphatic carboxylic acids is 1. The first-order valence-electron chi connectivity index (χ1n) is 12.3. The van der Waals surface area contributed by atoms with Gasteiger partial charge in [0.1, 0.15) is 12.4 Å². The molecule has 1 aromatic carbocycles. The molecule has 210 valence electrons. The van der Waals surface area contributed by atoms with Crippen molar-refractivity contribution in [3.05, 3.63) is 83.7 Å². The van der Waals surface area contributed by atoms with Crippen LogP contribution in [0.3, 0.4) is 0 Å². The van der Waals surface area contributed by atoms with Crippen LogP contribution in [0.15, 0.2) is 71.9 Å². The van der Waals surface area contributed by atoms with Gasteiger partial charge in [0.25, 0.3) is 10.0 Å². The summed E-state index contributed by atoms with van der Waals surface area (Å²) in [6.07, 6.45) is -3.28. The molecule has 0 unspecified atom stereocenters. The lowest BCUT2D eigenvalue weighted by atomic mass is 9.80. The minimum atomic E-state index is -4.19. The molecule has 0 aliphatic rings. The number of anilines is 1. The second kappa shape index (κ2) is 12.6. The lowest BCUT2D eigenvalue weighted by molar-refractivity contribution is -0.136. The molecule has 3 aromatic rings. The summed E-state index contributed by atoms with van der Waals surface area (Å²) in [6, 6.07) is 16.6. The fourth-order valence-corrected chi connectivity index (χ4v) is 5.34. The Morgan fingerprint density at radius 2 is 1.69 bits per heavy atom. The quantitative estimate of drug-likeness (QED) is 0.287. The fourth-order valence-electron chi connectivity index (χ4n) is 4.01. The third kappa shape index (κ3) is 9.03. The van der Waals surface area contributed by atoms with E-state index in [4.69, 9.17) is 5.11 Å². The molecule has 12 heteroatoms. The molecule has 0 bridgehead atoms. The summed E-state index contributed by atoms with van der Waals surface area (Å²) in [5.74, 6) is -0.768. The van der Waals surface area contributed by atoms with Crippen molar-refractivity contribution in [2.45, 2.75) is 62.8 Å². The van der Waals surface area contributed by atoms with Crippen LogP contribution in [0.4, 0.5) is 19.0 Å². The van der Waals surface area contributed by atoms with Gasteiger partial charge in [-0.15, -0.1) is 0 Å². The molecule has 0 saturated heterocycles. The number of alkyl halides is 3. The van der Waals surface area contributed by atoms with Gasteiger partial charge in [0.05, 0.1) is 12.2 Å². The number of nitrogens with one attached hydrogen (secondary N) is 1. The topological polar surface area (TPSA) is 112 Å². The largest absolute Gasteiger partial charge is 0.480 e. The average Bonchev–Trinajstić information content (AvgIpc) is 2.87. The molecule has 0 aliphatic carbocycles. The van der Waals surface area contributed by atoms with Gasteiger partial charge in [-0.1, -0.05) is 50.2 Å². The second-order valence-corrected chi connectivity index (χ2v) is 11.6. The smallest absolute Gasteiger partial charge is 0.389 e. The predicted molar refractivity (Wildman–Crippen MR) is 140 cm³/mol. The van der Waals surface area contributed by atoms with Gasteiger partial charge in [0.15, 0.2) is 5.03 Å². The van der Waals surface area contributed by atoms with E-state index in [-0.39, 0.29) is 31.1 Å². The third-order valence-corrected chi connectivity index (χ3v) is 7.87. The molecule has 0 saturated carbocycles. The molecule has 39 heavy (non-hydrogen) atoms. The van der Waals surface area contributed by atoms with E-state index in [1.54, 1.807) is 42.5 Å². The Morgan fingerprint density at radius 1 is 0.974 bits per heavy atom. The normalized spacial score (nSPS) is 12.5. The lowest BCUT2D eigenvalue weighted by Gasteiger charge is -2.26. The Kier molecular flexibility index (Phi) is 9.68. The Morgan fingerprint density at radius 3 is 2.31 bits per heavy atom. The first-order chi connectivity index (χ1) is 18.3. The SMILES string of the molecule is CC(C)(CCCC(F)(F)F)c1ccc(CN(Cc2cccc(NCC(=O)O)n2)S(=O)(=O)c2ccccn2)cc1. The first-order valence-corrected chi connectivity index (χ1v) is 13.7. The van der Waals surface area contributed by atoms with Crippen molar-refractivity contribution in [2.24, 2.45) is 0 Å². The molecule has 2 heterocycles. The van der Waals surface area contributed by atoms with E-state index in [9.17, 15) is 26.4 Å². The van der Waals surface area contributed by atoms with Crippen LogP contribution in [0.25, 0.3) is 0 Å². The molecule has 0 fully saturated rings. The molecule has 0 atom stereocenters. The second-order valence-electron chi connectivity index (χ2n) is 9.75. The number of nitrogens with zero attached hydrogens (tertiary/aromatic N) is 3. The highest BCUT2D eigenvalue weighted by atomic mass is 32.2. The van der Waals surface area contributed by atoms with Crippen molar-refractivity contribution in [1.29, 1.82) is 0 Å². The Labute approximate surface area is 226 Å². The summed E-state index contributed by atoms with van der Waals surface area (Å²) >= 11 is 0. The molecule has 0 aliphatic heterocycles. The van der Waals surface area contributed by atoms with Gasteiger partial charge in [-0.3, -0.25) is 4.79 Å². The highest BCUT2D eigenvalue weighted by Gasteiger charge is 2.30. The average molecular weight is 565 g/mol. The van der Waals surface area contributed by atoms with E-state index in [0.29, 0.717) is 23.5 Å². The molecule has 3 rings (SSSR count). The first kappa shape index (κ1) is 30.0. The minimum absolute atomic E-state index is 0.0118. The van der Waals surface area contributed by atoms with Crippen molar-refractivity contribution < 1.29 is 31.5 Å². The fraction of sp³-hybridized carbons (Fsp3) is 0.370. The van der Waals surface area contributed by atoms with Crippen LogP contribution in [0.1, 0.15) is 49.9 Å². The number of halogens is 3. The number of carboxylic acid groups (broad SMARTS) is 1. The number of pyridine rings is 2. The van der Waals surface area contributed by atoms with E-state index in [1.165, 1.54) is 16.6 Å². The van der Waals surface area contributed by atoms with Gasteiger partial charge in [-0.25, -0.2) is 18.4 Å². The Hall–Kier alpha value is -3.51. The van der Waals surface area contributed by atoms with Crippen LogP contribution in [0, 0.1) is 0 Å². The number of hydrogen-bond donors (Lipinski definition) is 2. The molecule has 0 radical (unpaired) electrons. The van der Waals surface area contributed by atoms with E-state index in [2.05, 4.69) is 15.3 Å². The number of sulfonamides is 1. The van der Waals surface area contributed by atoms with Crippen molar-refractivity contribution in [3.63, 3.8) is 0 Å². The molecule has 0 spiro atoms. The molecular formula is C27H31F3N4O4S. The number of rotatable bonds is 13. The summed E-state index contributed by atoms with van der Waals surface area (Å²) < 4.78 is 66.0. The highest BCUT2D eigenvalue weighted by Crippen LogP contribution is 2.32. The third-order valence-electron chi connectivity index (χ3n) is 6.16. The van der Waals surface area contributed by atoms with Crippen LogP contribution in [0.2, 0.25) is 0 Å². The van der Waals surface area contributed by atoms with E-state index in [0.717, 1.165) is 5.56 Å². The number of carbonyl (C=O) groups is 1. The Bertz CT molecular complexity index is 1350. The molecule has 0 amide bonds. The van der Waals surface area contributed by atoms with E-state index < -0.39 is 34.0 Å². The number of hydrogen-bond acceptors (Lipinski definition) is 6. The van der Waals surface area contributed by atoms with E-state index >= 15 is 0 Å². The van der Waals surface area contributed by atoms with Crippen molar-refractivity contribution >= 4 is 21.8 Å². The summed E-state index contributed by atoms with van der Waals surface area (Å²) in [7, 11) is -4.04. The molecule has 2 aromatic heterocycles. The zero-order chi connectivity index (χ0) is 28.7. The minimum Gasteiger partial charge on any atom is -0.480 e. The van der Waals surface area contributed by atoms with Crippen molar-refractivity contribution in [3.8, 4) is 0 Å². The van der Waals surface area contributed by atoms with Gasteiger partial charge >= 0.3 is 12.1 Å². The van der Waals surface area contributed by atoms with Crippen molar-refractivity contribution in [1.82, 2.24) is 14.3 Å². The lowest BCUT2D eigenvalue weighted by Crippen LogP contribution is -2.31. The molecule has 8 nitrogen and oxygen atoms in total.